The van der Waals surface area contributed by atoms with Crippen molar-refractivity contribution in [2.45, 2.75) is 26.2 Å². The minimum atomic E-state index is -0.426. The van der Waals surface area contributed by atoms with Crippen LogP contribution in [0.25, 0.3) is 0 Å². The molecule has 0 radical (unpaired) electrons. The van der Waals surface area contributed by atoms with Crippen molar-refractivity contribution in [1.82, 2.24) is 15.1 Å². The van der Waals surface area contributed by atoms with Crippen LogP contribution in [0.4, 0.5) is 14.5 Å². The van der Waals surface area contributed by atoms with Gasteiger partial charge in [0, 0.05) is 64.8 Å². The first-order valence-electron chi connectivity index (χ1n) is 10.1. The van der Waals surface area contributed by atoms with E-state index < -0.39 is 11.6 Å². The van der Waals surface area contributed by atoms with Gasteiger partial charge in [0.15, 0.2) is 5.96 Å². The molecule has 8 heteroatoms. The zero-order chi connectivity index (χ0) is 19.9. The van der Waals surface area contributed by atoms with E-state index in [1.54, 1.807) is 0 Å². The molecule has 0 aromatic heterocycles. The molecule has 1 aromatic rings. The van der Waals surface area contributed by atoms with Gasteiger partial charge in [0.25, 0.3) is 0 Å². The Kier molecular flexibility index (Phi) is 7.06. The van der Waals surface area contributed by atoms with E-state index in [1.165, 1.54) is 12.1 Å². The molecule has 1 amide bonds. The van der Waals surface area contributed by atoms with Crippen LogP contribution in [0.5, 0.6) is 0 Å². The highest BCUT2D eigenvalue weighted by Crippen LogP contribution is 2.22. The topological polar surface area (TPSA) is 51.2 Å². The van der Waals surface area contributed by atoms with Gasteiger partial charge in [0.2, 0.25) is 5.91 Å². The number of halogens is 2. The van der Waals surface area contributed by atoms with Gasteiger partial charge in [-0.1, -0.05) is 0 Å². The maximum absolute atomic E-state index is 14.0. The fourth-order valence-electron chi connectivity index (χ4n) is 3.70. The third-order valence-electron chi connectivity index (χ3n) is 5.18. The van der Waals surface area contributed by atoms with Crippen LogP contribution in [0, 0.1) is 11.6 Å². The second kappa shape index (κ2) is 9.71. The Morgan fingerprint density at radius 3 is 2.64 bits per heavy atom. The number of likely N-dealkylation sites (tertiary alicyclic amines) is 1. The Morgan fingerprint density at radius 1 is 1.18 bits per heavy atom. The molecule has 28 heavy (non-hydrogen) atoms. The predicted octanol–water partition coefficient (Wildman–Crippen LogP) is 2.06. The number of aliphatic imine (C=N–C) groups is 1. The standard InChI is InChI=1S/C20H29F2N5O/c1-2-23-20(24-8-4-10-26-9-3-5-19(26)28)27-13-11-25(12-14-27)18-15-16(21)6-7-17(18)22/h6-7,15H,2-5,8-14H2,1H3,(H,23,24). The first-order chi connectivity index (χ1) is 13.6. The molecular weight excluding hydrogens is 364 g/mol. The van der Waals surface area contributed by atoms with Crippen molar-refractivity contribution >= 4 is 17.6 Å². The van der Waals surface area contributed by atoms with Gasteiger partial charge in [0.05, 0.1) is 5.69 Å². The second-order valence-corrected chi connectivity index (χ2v) is 7.14. The fourth-order valence-corrected chi connectivity index (χ4v) is 3.70. The molecule has 0 atom stereocenters. The normalized spacial score (nSPS) is 18.2. The number of guanidine groups is 1. The number of carbonyl (C=O) groups is 1. The molecule has 2 fully saturated rings. The molecule has 3 rings (SSSR count). The number of rotatable bonds is 6. The summed E-state index contributed by atoms with van der Waals surface area (Å²) in [5.74, 6) is 0.267. The highest BCUT2D eigenvalue weighted by Gasteiger charge is 2.22. The second-order valence-electron chi connectivity index (χ2n) is 7.14. The van der Waals surface area contributed by atoms with Gasteiger partial charge in [-0.2, -0.15) is 0 Å². The summed E-state index contributed by atoms with van der Waals surface area (Å²) in [6.07, 6.45) is 2.47. The van der Waals surface area contributed by atoms with Gasteiger partial charge < -0.3 is 20.0 Å². The molecule has 6 nitrogen and oxygen atoms in total. The van der Waals surface area contributed by atoms with Gasteiger partial charge in [-0.05, 0) is 31.9 Å². The highest BCUT2D eigenvalue weighted by molar-refractivity contribution is 5.80. The molecule has 2 aliphatic heterocycles. The summed E-state index contributed by atoms with van der Waals surface area (Å²) >= 11 is 0. The maximum Gasteiger partial charge on any atom is 0.222 e. The molecule has 1 N–H and O–H groups in total. The lowest BCUT2D eigenvalue weighted by molar-refractivity contribution is -0.127. The van der Waals surface area contributed by atoms with Crippen LogP contribution in [0.1, 0.15) is 26.2 Å². The number of nitrogens with one attached hydrogen (secondary N) is 1. The average Bonchev–Trinajstić information content (AvgIpc) is 3.11. The fraction of sp³-hybridized carbons (Fsp3) is 0.600. The van der Waals surface area contributed by atoms with Crippen LogP contribution in [-0.4, -0.2) is 74.0 Å². The minimum absolute atomic E-state index is 0.247. The van der Waals surface area contributed by atoms with E-state index >= 15 is 0 Å². The molecule has 0 saturated carbocycles. The Morgan fingerprint density at radius 2 is 1.96 bits per heavy atom. The van der Waals surface area contributed by atoms with E-state index in [9.17, 15) is 13.6 Å². The van der Waals surface area contributed by atoms with E-state index in [1.807, 2.05) is 16.7 Å². The summed E-state index contributed by atoms with van der Waals surface area (Å²) in [6.45, 7) is 7.65. The van der Waals surface area contributed by atoms with Gasteiger partial charge >= 0.3 is 0 Å². The third-order valence-corrected chi connectivity index (χ3v) is 5.18. The summed E-state index contributed by atoms with van der Waals surface area (Å²) in [5, 5.41) is 3.31. The number of anilines is 1. The first-order valence-corrected chi connectivity index (χ1v) is 10.1. The average molecular weight is 393 g/mol. The van der Waals surface area contributed by atoms with E-state index in [4.69, 9.17) is 4.99 Å². The summed E-state index contributed by atoms with van der Waals surface area (Å²) in [7, 11) is 0. The van der Waals surface area contributed by atoms with Gasteiger partial charge in [-0.3, -0.25) is 9.79 Å². The van der Waals surface area contributed by atoms with E-state index in [2.05, 4.69) is 10.2 Å². The lowest BCUT2D eigenvalue weighted by atomic mass is 10.2. The Hall–Kier alpha value is -2.38. The molecule has 0 spiro atoms. The number of carbonyl (C=O) groups excluding carboxylic acids is 1. The number of piperazine rings is 1. The highest BCUT2D eigenvalue weighted by atomic mass is 19.1. The Balaban J connectivity index is 1.52. The maximum atomic E-state index is 14.0. The van der Waals surface area contributed by atoms with Crippen molar-refractivity contribution in [3.63, 3.8) is 0 Å². The predicted molar refractivity (Wildman–Crippen MR) is 107 cm³/mol. The minimum Gasteiger partial charge on any atom is -0.366 e. The van der Waals surface area contributed by atoms with Crippen molar-refractivity contribution in [2.24, 2.45) is 4.99 Å². The Bertz CT molecular complexity index is 704. The van der Waals surface area contributed by atoms with Crippen molar-refractivity contribution in [3.05, 3.63) is 29.8 Å². The van der Waals surface area contributed by atoms with Crippen LogP contribution in [0.2, 0.25) is 0 Å². The van der Waals surface area contributed by atoms with Crippen LogP contribution in [0.15, 0.2) is 23.2 Å². The lowest BCUT2D eigenvalue weighted by Gasteiger charge is -2.37. The number of hydrogen-bond acceptors (Lipinski definition) is 3. The smallest absolute Gasteiger partial charge is 0.222 e. The van der Waals surface area contributed by atoms with Crippen LogP contribution in [0.3, 0.4) is 0 Å². The van der Waals surface area contributed by atoms with E-state index in [0.717, 1.165) is 44.5 Å². The van der Waals surface area contributed by atoms with Gasteiger partial charge in [-0.15, -0.1) is 0 Å². The summed E-state index contributed by atoms with van der Waals surface area (Å²) in [5.41, 5.74) is 0.317. The van der Waals surface area contributed by atoms with Gasteiger partial charge in [0.1, 0.15) is 11.6 Å². The summed E-state index contributed by atoms with van der Waals surface area (Å²) in [6, 6.07) is 3.57. The number of nitrogens with zero attached hydrogens (tertiary/aromatic N) is 4. The van der Waals surface area contributed by atoms with Crippen LogP contribution >= 0.6 is 0 Å². The Labute approximate surface area is 165 Å². The molecular formula is C20H29F2N5O. The molecule has 0 unspecified atom stereocenters. The third kappa shape index (κ3) is 5.11. The number of hydrogen-bond donors (Lipinski definition) is 1. The first kappa shape index (κ1) is 20.4. The molecule has 2 heterocycles. The summed E-state index contributed by atoms with van der Waals surface area (Å²) < 4.78 is 27.5. The van der Waals surface area contributed by atoms with Gasteiger partial charge in [-0.25, -0.2) is 8.78 Å². The van der Waals surface area contributed by atoms with Crippen molar-refractivity contribution in [1.29, 1.82) is 0 Å². The van der Waals surface area contributed by atoms with Crippen molar-refractivity contribution in [3.8, 4) is 0 Å². The SMILES string of the molecule is CCNC(=NCCCN1CCCC1=O)N1CCN(c2cc(F)ccc2F)CC1. The summed E-state index contributed by atoms with van der Waals surface area (Å²) in [4.78, 5) is 22.3. The molecule has 0 aliphatic carbocycles. The molecule has 1 aromatic carbocycles. The van der Waals surface area contributed by atoms with E-state index in [0.29, 0.717) is 44.8 Å². The molecule has 0 bridgehead atoms. The molecule has 154 valence electrons. The molecule has 2 aliphatic rings. The van der Waals surface area contributed by atoms with E-state index in [-0.39, 0.29) is 5.91 Å². The number of amides is 1. The lowest BCUT2D eigenvalue weighted by Crippen LogP contribution is -2.52. The van der Waals surface area contributed by atoms with Crippen LogP contribution in [-0.2, 0) is 4.79 Å². The van der Waals surface area contributed by atoms with Crippen molar-refractivity contribution < 1.29 is 13.6 Å². The zero-order valence-electron chi connectivity index (χ0n) is 16.5. The zero-order valence-corrected chi connectivity index (χ0v) is 16.5. The monoisotopic (exact) mass is 393 g/mol. The largest absolute Gasteiger partial charge is 0.366 e. The van der Waals surface area contributed by atoms with Crippen molar-refractivity contribution in [2.75, 3.05) is 57.3 Å². The quantitative estimate of drug-likeness (QED) is 0.457. The molecule has 2 saturated heterocycles. The number of benzene rings is 1. The van der Waals surface area contributed by atoms with Crippen LogP contribution < -0.4 is 10.2 Å².